The molecule has 220 valence electrons. The van der Waals surface area contributed by atoms with Crippen molar-refractivity contribution in [2.75, 3.05) is 4.90 Å². The minimum absolute atomic E-state index is 1.14. The highest BCUT2D eigenvalue weighted by Gasteiger charge is 2.19. The Balaban J connectivity index is 1.19. The van der Waals surface area contributed by atoms with Crippen molar-refractivity contribution in [2.45, 2.75) is 0 Å². The Morgan fingerprint density at radius 3 is 1.77 bits per heavy atom. The zero-order chi connectivity index (χ0) is 30.9. The van der Waals surface area contributed by atoms with Crippen LogP contribution in [0.25, 0.3) is 73.0 Å². The molecule has 0 radical (unpaired) electrons. The molecule has 8 aromatic carbocycles. The number of hydrogen-bond acceptors (Lipinski definition) is 3. The number of nitrogens with zero attached hydrogens (tertiary/aromatic N) is 1. The summed E-state index contributed by atoms with van der Waals surface area (Å²) in [7, 11) is 0. The second-order valence-corrected chi connectivity index (χ2v) is 14.2. The van der Waals surface area contributed by atoms with Gasteiger partial charge >= 0.3 is 0 Å². The molecule has 0 N–H and O–H groups in total. The highest BCUT2D eigenvalue weighted by molar-refractivity contribution is 7.26. The van der Waals surface area contributed by atoms with Crippen LogP contribution in [0.2, 0.25) is 0 Å². The third-order valence-corrected chi connectivity index (χ3v) is 11.8. The molecule has 0 saturated heterocycles. The monoisotopic (exact) mass is 633 g/mol. The Morgan fingerprint density at radius 1 is 0.362 bits per heavy atom. The largest absolute Gasteiger partial charge is 0.310 e. The predicted octanol–water partition coefficient (Wildman–Crippen LogP) is 13.9. The molecule has 0 amide bonds. The van der Waals surface area contributed by atoms with E-state index in [1.54, 1.807) is 0 Å². The van der Waals surface area contributed by atoms with E-state index in [-0.39, 0.29) is 0 Å². The van der Waals surface area contributed by atoms with Crippen LogP contribution in [0.1, 0.15) is 0 Å². The van der Waals surface area contributed by atoms with E-state index in [2.05, 4.69) is 169 Å². The molecule has 10 rings (SSSR count). The molecule has 0 unspecified atom stereocenters. The molecule has 0 saturated carbocycles. The van der Waals surface area contributed by atoms with Gasteiger partial charge in [0, 0.05) is 57.1 Å². The zero-order valence-corrected chi connectivity index (χ0v) is 27.0. The molecule has 2 aromatic heterocycles. The van der Waals surface area contributed by atoms with Crippen molar-refractivity contribution in [3.05, 3.63) is 164 Å². The van der Waals surface area contributed by atoms with E-state index in [0.29, 0.717) is 0 Å². The minimum Gasteiger partial charge on any atom is -0.310 e. The molecule has 1 nitrogen and oxygen atoms in total. The highest BCUT2D eigenvalue weighted by atomic mass is 32.1. The van der Waals surface area contributed by atoms with Crippen molar-refractivity contribution >= 4 is 102 Å². The molecule has 0 bridgehead atoms. The van der Waals surface area contributed by atoms with Crippen molar-refractivity contribution in [3.8, 4) is 11.1 Å². The first-order valence-corrected chi connectivity index (χ1v) is 17.6. The topological polar surface area (TPSA) is 3.24 Å². The van der Waals surface area contributed by atoms with E-state index in [4.69, 9.17) is 0 Å². The van der Waals surface area contributed by atoms with E-state index >= 15 is 0 Å². The van der Waals surface area contributed by atoms with Gasteiger partial charge in [-0.25, -0.2) is 0 Å². The van der Waals surface area contributed by atoms with Crippen molar-refractivity contribution in [1.82, 2.24) is 0 Å². The summed E-state index contributed by atoms with van der Waals surface area (Å²) in [6.07, 6.45) is 0. The van der Waals surface area contributed by atoms with Crippen LogP contribution in [0.4, 0.5) is 17.1 Å². The second-order valence-electron chi connectivity index (χ2n) is 12.1. The van der Waals surface area contributed by atoms with Gasteiger partial charge in [0.25, 0.3) is 0 Å². The van der Waals surface area contributed by atoms with Gasteiger partial charge < -0.3 is 4.90 Å². The van der Waals surface area contributed by atoms with Crippen molar-refractivity contribution in [3.63, 3.8) is 0 Å². The van der Waals surface area contributed by atoms with E-state index in [9.17, 15) is 0 Å². The Hall–Kier alpha value is -5.48. The molecule has 2 heterocycles. The summed E-state index contributed by atoms with van der Waals surface area (Å²) in [6.45, 7) is 0. The third-order valence-electron chi connectivity index (χ3n) is 9.45. The average molecular weight is 634 g/mol. The van der Waals surface area contributed by atoms with Crippen molar-refractivity contribution < 1.29 is 0 Å². The molecular weight excluding hydrogens is 607 g/mol. The van der Waals surface area contributed by atoms with Crippen LogP contribution >= 0.6 is 22.7 Å². The first-order chi connectivity index (χ1) is 23.3. The summed E-state index contributed by atoms with van der Waals surface area (Å²) in [6, 6.07) is 60.2. The van der Waals surface area contributed by atoms with Crippen molar-refractivity contribution in [2.24, 2.45) is 0 Å². The van der Waals surface area contributed by atoms with E-state index in [1.165, 1.54) is 78.7 Å². The molecule has 0 fully saturated rings. The number of rotatable bonds is 4. The Kier molecular flexibility index (Phi) is 5.98. The standard InChI is InChI=1S/C44H27NS2/c1-2-11-32-29(10-1)26-40(35-13-4-3-12-34(32)35)45(31-24-25-38-36-14-5-7-18-41(36)46-43(38)27-31)30-22-20-28(21-23-30)33-16-9-17-39-37-15-6-8-19-42(37)47-44(33)39/h1-27H. The highest BCUT2D eigenvalue weighted by Crippen LogP contribution is 2.45. The van der Waals surface area contributed by atoms with E-state index in [1.807, 2.05) is 22.7 Å². The summed E-state index contributed by atoms with van der Waals surface area (Å²) in [5, 5.41) is 10.3. The molecule has 3 heteroatoms. The lowest BCUT2D eigenvalue weighted by molar-refractivity contribution is 1.31. The summed E-state index contributed by atoms with van der Waals surface area (Å²) < 4.78 is 5.29. The van der Waals surface area contributed by atoms with Gasteiger partial charge in [-0.2, -0.15) is 0 Å². The maximum absolute atomic E-state index is 2.45. The molecular formula is C44H27NS2. The van der Waals surface area contributed by atoms with Crippen LogP contribution in [0.15, 0.2) is 164 Å². The van der Waals surface area contributed by atoms with Gasteiger partial charge in [-0.05, 0) is 69.8 Å². The SMILES string of the molecule is c1ccc2c(c1)cc(N(c1ccc(-c3cccc4c3sc3ccccc34)cc1)c1ccc3c(c1)sc1ccccc13)c1ccccc12. The zero-order valence-electron chi connectivity index (χ0n) is 25.4. The molecule has 0 spiro atoms. The molecule has 47 heavy (non-hydrogen) atoms. The lowest BCUT2D eigenvalue weighted by atomic mass is 9.98. The lowest BCUT2D eigenvalue weighted by Gasteiger charge is -2.28. The summed E-state index contributed by atoms with van der Waals surface area (Å²) in [4.78, 5) is 2.45. The van der Waals surface area contributed by atoms with Gasteiger partial charge in [0.1, 0.15) is 0 Å². The predicted molar refractivity (Wildman–Crippen MR) is 207 cm³/mol. The number of hydrogen-bond donors (Lipinski definition) is 0. The van der Waals surface area contributed by atoms with Gasteiger partial charge in [0.2, 0.25) is 0 Å². The third kappa shape index (κ3) is 4.21. The van der Waals surface area contributed by atoms with Crippen LogP contribution in [0, 0.1) is 0 Å². The van der Waals surface area contributed by atoms with Gasteiger partial charge in [-0.3, -0.25) is 0 Å². The second kappa shape index (κ2) is 10.5. The van der Waals surface area contributed by atoms with Crippen molar-refractivity contribution in [1.29, 1.82) is 0 Å². The lowest BCUT2D eigenvalue weighted by Crippen LogP contribution is -2.10. The molecule has 0 atom stereocenters. The fraction of sp³-hybridized carbons (Fsp3) is 0. The molecule has 0 aliphatic carbocycles. The number of thiophene rings is 2. The first kappa shape index (κ1) is 26.7. The summed E-state index contributed by atoms with van der Waals surface area (Å²) in [5.74, 6) is 0. The van der Waals surface area contributed by atoms with E-state index in [0.717, 1.165) is 11.4 Å². The van der Waals surface area contributed by atoms with Crippen LogP contribution in [-0.2, 0) is 0 Å². The van der Waals surface area contributed by atoms with Gasteiger partial charge in [-0.15, -0.1) is 22.7 Å². The van der Waals surface area contributed by atoms with Crippen LogP contribution < -0.4 is 4.90 Å². The smallest absolute Gasteiger partial charge is 0.0546 e. The molecule has 0 aliphatic rings. The van der Waals surface area contributed by atoms with Gasteiger partial charge in [0.05, 0.1) is 5.69 Å². The van der Waals surface area contributed by atoms with Crippen LogP contribution in [0.5, 0.6) is 0 Å². The van der Waals surface area contributed by atoms with Crippen LogP contribution in [-0.4, -0.2) is 0 Å². The number of fused-ring (bicyclic) bond motifs is 9. The maximum atomic E-state index is 2.45. The molecule has 10 aromatic rings. The molecule has 0 aliphatic heterocycles. The van der Waals surface area contributed by atoms with Gasteiger partial charge in [0.15, 0.2) is 0 Å². The normalized spacial score (nSPS) is 11.8. The quantitative estimate of drug-likeness (QED) is 0.174. The minimum atomic E-state index is 1.14. The Labute approximate surface area is 280 Å². The maximum Gasteiger partial charge on any atom is 0.0546 e. The number of benzene rings is 8. The first-order valence-electron chi connectivity index (χ1n) is 15.9. The fourth-order valence-corrected chi connectivity index (χ4v) is 9.64. The number of anilines is 3. The average Bonchev–Trinajstić information content (AvgIpc) is 3.70. The Bertz CT molecular complexity index is 2800. The summed E-state index contributed by atoms with van der Waals surface area (Å²) >= 11 is 3.75. The Morgan fingerprint density at radius 2 is 0.957 bits per heavy atom. The summed E-state index contributed by atoms with van der Waals surface area (Å²) in [5.41, 5.74) is 5.99. The fourth-order valence-electron chi connectivity index (χ4n) is 7.27. The van der Waals surface area contributed by atoms with Gasteiger partial charge in [-0.1, -0.05) is 121 Å². The van der Waals surface area contributed by atoms with E-state index < -0.39 is 0 Å². The van der Waals surface area contributed by atoms with Crippen LogP contribution in [0.3, 0.4) is 0 Å².